The summed E-state index contributed by atoms with van der Waals surface area (Å²) in [7, 11) is 3.27. The molecule has 0 aliphatic heterocycles. The molecule has 0 saturated heterocycles. The van der Waals surface area contributed by atoms with Gasteiger partial charge in [0.1, 0.15) is 0 Å². The number of nitrogens with zero attached hydrogens (tertiary/aromatic N) is 3. The van der Waals surface area contributed by atoms with Crippen LogP contribution in [0.25, 0.3) is 0 Å². The van der Waals surface area contributed by atoms with Crippen LogP contribution in [0.3, 0.4) is 0 Å². The van der Waals surface area contributed by atoms with E-state index in [2.05, 4.69) is 15.4 Å². The number of carbonyl (C=O) groups is 1. The summed E-state index contributed by atoms with van der Waals surface area (Å²) < 4.78 is 6.65. The number of amides is 1. The van der Waals surface area contributed by atoms with Crippen molar-refractivity contribution >= 4 is 11.7 Å². The first-order chi connectivity index (χ1) is 8.20. The van der Waals surface area contributed by atoms with Gasteiger partial charge in [0, 0.05) is 19.4 Å². The molecule has 2 aromatic heterocycles. The van der Waals surface area contributed by atoms with Crippen LogP contribution in [0, 0.1) is 0 Å². The number of hydrogen-bond donors (Lipinski definition) is 1. The number of nitrogens with one attached hydrogen (secondary N) is 1. The maximum atomic E-state index is 11.8. The number of pyridine rings is 1. The Hall–Kier alpha value is -2.37. The molecule has 6 heteroatoms. The van der Waals surface area contributed by atoms with Gasteiger partial charge in [-0.15, -0.1) is 0 Å². The third-order valence-electron chi connectivity index (χ3n) is 2.19. The smallest absolute Gasteiger partial charge is 0.260 e. The molecule has 0 spiro atoms. The van der Waals surface area contributed by atoms with Gasteiger partial charge in [0.2, 0.25) is 0 Å². The van der Waals surface area contributed by atoms with Gasteiger partial charge in [-0.05, 0) is 12.1 Å². The van der Waals surface area contributed by atoms with Gasteiger partial charge in [0.15, 0.2) is 11.6 Å². The van der Waals surface area contributed by atoms with Crippen LogP contribution in [0.5, 0.6) is 5.75 Å². The summed E-state index contributed by atoms with van der Waals surface area (Å²) in [6.45, 7) is 0. The van der Waals surface area contributed by atoms with Crippen LogP contribution in [-0.4, -0.2) is 27.8 Å². The first-order valence-electron chi connectivity index (χ1n) is 4.99. The van der Waals surface area contributed by atoms with Crippen molar-refractivity contribution in [3.05, 3.63) is 36.3 Å². The largest absolute Gasteiger partial charge is 0.493 e. The Balaban J connectivity index is 2.18. The standard InChI is InChI=1S/C11H12N4O2/c1-15-7-8(6-13-15)11(16)14-10-9(17-2)4-3-5-12-10/h3-7H,1-2H3,(H,12,14,16). The zero-order valence-electron chi connectivity index (χ0n) is 9.54. The molecule has 0 unspecified atom stereocenters. The Labute approximate surface area is 98.2 Å². The summed E-state index contributed by atoms with van der Waals surface area (Å²) in [5.41, 5.74) is 0.472. The second-order valence-electron chi connectivity index (χ2n) is 3.41. The van der Waals surface area contributed by atoms with Crippen LogP contribution in [0.4, 0.5) is 5.82 Å². The molecule has 2 rings (SSSR count). The average Bonchev–Trinajstić information content (AvgIpc) is 2.77. The fraction of sp³-hybridized carbons (Fsp3) is 0.182. The van der Waals surface area contributed by atoms with Crippen molar-refractivity contribution in [2.45, 2.75) is 0 Å². The van der Waals surface area contributed by atoms with Crippen molar-refractivity contribution in [2.75, 3.05) is 12.4 Å². The Morgan fingerprint density at radius 2 is 2.35 bits per heavy atom. The van der Waals surface area contributed by atoms with Gasteiger partial charge in [-0.2, -0.15) is 5.10 Å². The van der Waals surface area contributed by atoms with Crippen molar-refractivity contribution in [2.24, 2.45) is 7.05 Å². The Morgan fingerprint density at radius 3 is 3.00 bits per heavy atom. The molecule has 88 valence electrons. The first-order valence-corrected chi connectivity index (χ1v) is 4.99. The zero-order valence-corrected chi connectivity index (χ0v) is 9.54. The van der Waals surface area contributed by atoms with Gasteiger partial charge in [-0.25, -0.2) is 4.98 Å². The predicted molar refractivity (Wildman–Crippen MR) is 62.0 cm³/mol. The van der Waals surface area contributed by atoms with Crippen molar-refractivity contribution in [3.63, 3.8) is 0 Å². The molecule has 0 atom stereocenters. The highest BCUT2D eigenvalue weighted by Gasteiger charge is 2.11. The Kier molecular flexibility index (Phi) is 3.04. The summed E-state index contributed by atoms with van der Waals surface area (Å²) in [6.07, 6.45) is 4.71. The van der Waals surface area contributed by atoms with Gasteiger partial charge in [0.05, 0.1) is 18.9 Å². The maximum absolute atomic E-state index is 11.8. The van der Waals surface area contributed by atoms with Gasteiger partial charge >= 0.3 is 0 Å². The molecule has 0 aliphatic carbocycles. The second kappa shape index (κ2) is 4.65. The molecule has 0 radical (unpaired) electrons. The van der Waals surface area contributed by atoms with Crippen LogP contribution in [0.15, 0.2) is 30.7 Å². The number of hydrogen-bond acceptors (Lipinski definition) is 4. The van der Waals surface area contributed by atoms with E-state index in [0.29, 0.717) is 17.1 Å². The molecule has 1 amide bonds. The van der Waals surface area contributed by atoms with Gasteiger partial charge in [-0.3, -0.25) is 9.48 Å². The van der Waals surface area contributed by atoms with Crippen LogP contribution >= 0.6 is 0 Å². The zero-order chi connectivity index (χ0) is 12.3. The molecule has 0 fully saturated rings. The van der Waals surface area contributed by atoms with E-state index >= 15 is 0 Å². The average molecular weight is 232 g/mol. The lowest BCUT2D eigenvalue weighted by Crippen LogP contribution is -2.13. The van der Waals surface area contributed by atoms with Crippen LogP contribution in [-0.2, 0) is 7.05 Å². The normalized spacial score (nSPS) is 10.0. The highest BCUT2D eigenvalue weighted by Crippen LogP contribution is 2.20. The van der Waals surface area contributed by atoms with E-state index in [1.807, 2.05) is 0 Å². The van der Waals surface area contributed by atoms with E-state index < -0.39 is 0 Å². The minimum Gasteiger partial charge on any atom is -0.493 e. The summed E-state index contributed by atoms with van der Waals surface area (Å²) >= 11 is 0. The molecule has 2 aromatic rings. The number of methoxy groups -OCH3 is 1. The molecule has 0 bridgehead atoms. The van der Waals surface area contributed by atoms with Gasteiger partial charge in [0.25, 0.3) is 5.91 Å². The number of aromatic nitrogens is 3. The molecule has 0 aromatic carbocycles. The molecular formula is C11H12N4O2. The van der Waals surface area contributed by atoms with E-state index in [1.54, 1.807) is 36.3 Å². The summed E-state index contributed by atoms with van der Waals surface area (Å²) in [4.78, 5) is 15.9. The van der Waals surface area contributed by atoms with E-state index in [0.717, 1.165) is 0 Å². The number of rotatable bonds is 3. The molecule has 1 N–H and O–H groups in total. The number of aryl methyl sites for hydroxylation is 1. The first kappa shape index (κ1) is 11.1. The Bertz CT molecular complexity index is 536. The summed E-state index contributed by atoms with van der Waals surface area (Å²) in [6, 6.07) is 3.46. The highest BCUT2D eigenvalue weighted by atomic mass is 16.5. The lowest BCUT2D eigenvalue weighted by molar-refractivity contribution is 0.102. The highest BCUT2D eigenvalue weighted by molar-refractivity contribution is 6.04. The quantitative estimate of drug-likeness (QED) is 0.859. The third-order valence-corrected chi connectivity index (χ3v) is 2.19. The monoisotopic (exact) mass is 232 g/mol. The fourth-order valence-electron chi connectivity index (χ4n) is 1.37. The van der Waals surface area contributed by atoms with Gasteiger partial charge in [-0.1, -0.05) is 0 Å². The minimum atomic E-state index is -0.268. The molecule has 0 saturated carbocycles. The van der Waals surface area contributed by atoms with Crippen LogP contribution in [0.2, 0.25) is 0 Å². The van der Waals surface area contributed by atoms with Crippen LogP contribution < -0.4 is 10.1 Å². The van der Waals surface area contributed by atoms with Crippen molar-refractivity contribution in [1.29, 1.82) is 0 Å². The van der Waals surface area contributed by atoms with Crippen molar-refractivity contribution < 1.29 is 9.53 Å². The van der Waals surface area contributed by atoms with E-state index in [4.69, 9.17) is 4.74 Å². The molecular weight excluding hydrogens is 220 g/mol. The van der Waals surface area contributed by atoms with E-state index in [-0.39, 0.29) is 5.91 Å². The predicted octanol–water partition coefficient (Wildman–Crippen LogP) is 1.08. The maximum Gasteiger partial charge on any atom is 0.260 e. The van der Waals surface area contributed by atoms with Crippen molar-refractivity contribution in [3.8, 4) is 5.75 Å². The third kappa shape index (κ3) is 2.41. The Morgan fingerprint density at radius 1 is 1.53 bits per heavy atom. The lowest BCUT2D eigenvalue weighted by Gasteiger charge is -2.07. The van der Waals surface area contributed by atoms with Gasteiger partial charge < -0.3 is 10.1 Å². The number of carbonyl (C=O) groups excluding carboxylic acids is 1. The number of ether oxygens (including phenoxy) is 1. The molecule has 0 aliphatic rings. The van der Waals surface area contributed by atoms with Crippen molar-refractivity contribution in [1.82, 2.24) is 14.8 Å². The topological polar surface area (TPSA) is 69.0 Å². The SMILES string of the molecule is COc1cccnc1NC(=O)c1cnn(C)c1. The van der Waals surface area contributed by atoms with Crippen LogP contribution in [0.1, 0.15) is 10.4 Å². The minimum absolute atomic E-state index is 0.268. The van der Waals surface area contributed by atoms with E-state index in [9.17, 15) is 4.79 Å². The lowest BCUT2D eigenvalue weighted by atomic mass is 10.3. The number of anilines is 1. The molecule has 2 heterocycles. The molecule has 6 nitrogen and oxygen atoms in total. The molecule has 17 heavy (non-hydrogen) atoms. The van der Waals surface area contributed by atoms with E-state index in [1.165, 1.54) is 13.3 Å². The fourth-order valence-corrected chi connectivity index (χ4v) is 1.37. The summed E-state index contributed by atoms with van der Waals surface area (Å²) in [5, 5.41) is 6.59. The second-order valence-corrected chi connectivity index (χ2v) is 3.41. The summed E-state index contributed by atoms with van der Waals surface area (Å²) in [5.74, 6) is 0.642.